The molecule has 0 aromatic heterocycles. The van der Waals surface area contributed by atoms with Crippen molar-refractivity contribution in [3.8, 4) is 0 Å². The van der Waals surface area contributed by atoms with Crippen molar-refractivity contribution in [2.75, 3.05) is 0 Å². The molecule has 0 aromatic rings. The molecule has 0 aliphatic heterocycles. The van der Waals surface area contributed by atoms with Gasteiger partial charge in [-0.25, -0.2) is 0 Å². The lowest BCUT2D eigenvalue weighted by molar-refractivity contribution is 0.384. The zero-order chi connectivity index (χ0) is 8.85. The Morgan fingerprint density at radius 2 is 1.91 bits per heavy atom. The van der Waals surface area contributed by atoms with E-state index in [0.29, 0.717) is 5.92 Å². The Hall–Kier alpha value is -0.460. The highest BCUT2D eigenvalue weighted by molar-refractivity contribution is 5.01. The molecule has 0 fully saturated rings. The molecule has 0 heterocycles. The maximum atomic E-state index is 5.87. The van der Waals surface area contributed by atoms with Crippen LogP contribution in [0.15, 0.2) is 11.8 Å². The molecular weight excluding hydrogens is 134 g/mol. The van der Waals surface area contributed by atoms with E-state index >= 15 is 0 Å². The smallest absolute Gasteiger partial charge is 0.00712 e. The van der Waals surface area contributed by atoms with Crippen LogP contribution in [0.2, 0.25) is 0 Å². The second-order valence-electron chi connectivity index (χ2n) is 3.19. The molecule has 2 N–H and O–H groups in total. The van der Waals surface area contributed by atoms with Crippen LogP contribution >= 0.6 is 0 Å². The molecule has 1 nitrogen and oxygen atoms in total. The Labute approximate surface area is 70.7 Å². The molecule has 2 atom stereocenters. The molecule has 0 radical (unpaired) electrons. The van der Waals surface area contributed by atoms with Gasteiger partial charge in [0.25, 0.3) is 0 Å². The highest BCUT2D eigenvalue weighted by Gasteiger charge is 2.14. The second-order valence-corrected chi connectivity index (χ2v) is 3.19. The van der Waals surface area contributed by atoms with Crippen LogP contribution in [0.5, 0.6) is 0 Å². The first-order chi connectivity index (χ1) is 5.17. The molecular formula is C10H21N. The van der Waals surface area contributed by atoms with E-state index in [-0.39, 0.29) is 0 Å². The summed E-state index contributed by atoms with van der Waals surface area (Å²) in [6.45, 7) is 8.70. The van der Waals surface area contributed by atoms with Gasteiger partial charge in [-0.15, -0.1) is 0 Å². The minimum absolute atomic E-state index is 0.588. The lowest BCUT2D eigenvalue weighted by Crippen LogP contribution is -2.18. The van der Waals surface area contributed by atoms with Crippen LogP contribution in [0.3, 0.4) is 0 Å². The van der Waals surface area contributed by atoms with Crippen molar-refractivity contribution in [1.29, 1.82) is 0 Å². The van der Waals surface area contributed by atoms with E-state index < -0.39 is 0 Å². The number of rotatable bonds is 4. The average Bonchev–Trinajstić information content (AvgIpc) is 2.05. The quantitative estimate of drug-likeness (QED) is 0.663. The molecule has 0 bridgehead atoms. The van der Waals surface area contributed by atoms with Crippen molar-refractivity contribution in [2.24, 2.45) is 17.6 Å². The van der Waals surface area contributed by atoms with E-state index in [4.69, 9.17) is 5.73 Å². The summed E-state index contributed by atoms with van der Waals surface area (Å²) < 4.78 is 0. The number of hydrogen-bond acceptors (Lipinski definition) is 1. The van der Waals surface area contributed by atoms with Crippen molar-refractivity contribution < 1.29 is 0 Å². The molecule has 0 aliphatic carbocycles. The van der Waals surface area contributed by atoms with Crippen molar-refractivity contribution in [1.82, 2.24) is 0 Å². The van der Waals surface area contributed by atoms with E-state index in [1.165, 1.54) is 6.42 Å². The molecule has 2 unspecified atom stereocenters. The monoisotopic (exact) mass is 155 g/mol. The third kappa shape index (κ3) is 2.96. The van der Waals surface area contributed by atoms with E-state index in [1.54, 1.807) is 0 Å². The maximum absolute atomic E-state index is 5.87. The van der Waals surface area contributed by atoms with Gasteiger partial charge in [0, 0.05) is 11.6 Å². The summed E-state index contributed by atoms with van der Waals surface area (Å²) in [6.07, 6.45) is 4.40. The Morgan fingerprint density at radius 1 is 1.36 bits per heavy atom. The fraction of sp³-hybridized carbons (Fsp3) is 0.800. The summed E-state index contributed by atoms with van der Waals surface area (Å²) in [5, 5.41) is 0. The summed E-state index contributed by atoms with van der Waals surface area (Å²) in [5.74, 6) is 1.31. The van der Waals surface area contributed by atoms with Crippen molar-refractivity contribution in [3.63, 3.8) is 0 Å². The molecule has 1 heteroatoms. The van der Waals surface area contributed by atoms with Gasteiger partial charge in [0.1, 0.15) is 0 Å². The summed E-state index contributed by atoms with van der Waals surface area (Å²) >= 11 is 0. The minimum atomic E-state index is 0.588. The molecule has 0 saturated carbocycles. The van der Waals surface area contributed by atoms with Crippen molar-refractivity contribution >= 4 is 0 Å². The van der Waals surface area contributed by atoms with Gasteiger partial charge < -0.3 is 5.73 Å². The SMILES string of the molecule is C/C=C(\N)C(CC)C(C)CC. The van der Waals surface area contributed by atoms with Crippen LogP contribution in [0, 0.1) is 11.8 Å². The standard InChI is InChI=1S/C10H21N/c1-5-8(4)9(6-2)10(11)7-3/h7-9H,5-6,11H2,1-4H3/b10-7-. The van der Waals surface area contributed by atoms with Gasteiger partial charge in [0.15, 0.2) is 0 Å². The van der Waals surface area contributed by atoms with Crippen LogP contribution < -0.4 is 5.73 Å². The number of allylic oxidation sites excluding steroid dienone is 2. The zero-order valence-corrected chi connectivity index (χ0v) is 8.22. The Bertz CT molecular complexity index is 127. The van der Waals surface area contributed by atoms with Crippen LogP contribution in [-0.2, 0) is 0 Å². The molecule has 0 aliphatic rings. The number of hydrogen-bond donors (Lipinski definition) is 1. The van der Waals surface area contributed by atoms with Crippen LogP contribution in [0.4, 0.5) is 0 Å². The topological polar surface area (TPSA) is 26.0 Å². The molecule has 0 amide bonds. The average molecular weight is 155 g/mol. The first kappa shape index (κ1) is 10.5. The molecule has 0 rings (SSSR count). The van der Waals surface area contributed by atoms with Crippen LogP contribution in [0.25, 0.3) is 0 Å². The lowest BCUT2D eigenvalue weighted by Gasteiger charge is -2.21. The van der Waals surface area contributed by atoms with E-state index in [1.807, 2.05) is 13.0 Å². The van der Waals surface area contributed by atoms with Crippen LogP contribution in [-0.4, -0.2) is 0 Å². The fourth-order valence-electron chi connectivity index (χ4n) is 1.47. The molecule has 11 heavy (non-hydrogen) atoms. The van der Waals surface area contributed by atoms with Crippen molar-refractivity contribution in [3.05, 3.63) is 11.8 Å². The molecule has 0 saturated heterocycles. The molecule has 0 aromatic carbocycles. The van der Waals surface area contributed by atoms with Crippen LogP contribution in [0.1, 0.15) is 40.5 Å². The van der Waals surface area contributed by atoms with Gasteiger partial charge in [0.2, 0.25) is 0 Å². The van der Waals surface area contributed by atoms with E-state index in [0.717, 1.165) is 18.0 Å². The Morgan fingerprint density at radius 3 is 2.18 bits per heavy atom. The Kier molecular flexibility index (Phi) is 5.01. The summed E-state index contributed by atoms with van der Waals surface area (Å²) in [5.41, 5.74) is 6.92. The third-order valence-electron chi connectivity index (χ3n) is 2.53. The zero-order valence-electron chi connectivity index (χ0n) is 8.22. The van der Waals surface area contributed by atoms with Crippen molar-refractivity contribution in [2.45, 2.75) is 40.5 Å². The minimum Gasteiger partial charge on any atom is -0.402 e. The first-order valence-corrected chi connectivity index (χ1v) is 4.58. The highest BCUT2D eigenvalue weighted by atomic mass is 14.6. The summed E-state index contributed by atoms with van der Waals surface area (Å²) in [7, 11) is 0. The fourth-order valence-corrected chi connectivity index (χ4v) is 1.47. The van der Waals surface area contributed by atoms with Gasteiger partial charge in [-0.05, 0) is 19.3 Å². The largest absolute Gasteiger partial charge is 0.402 e. The third-order valence-corrected chi connectivity index (χ3v) is 2.53. The predicted molar refractivity (Wildman–Crippen MR) is 51.2 cm³/mol. The lowest BCUT2D eigenvalue weighted by atomic mass is 9.87. The van der Waals surface area contributed by atoms with Gasteiger partial charge >= 0.3 is 0 Å². The molecule has 66 valence electrons. The van der Waals surface area contributed by atoms with Gasteiger partial charge in [0.05, 0.1) is 0 Å². The van der Waals surface area contributed by atoms with E-state index in [2.05, 4.69) is 20.8 Å². The Balaban J connectivity index is 4.15. The van der Waals surface area contributed by atoms with Gasteiger partial charge in [-0.2, -0.15) is 0 Å². The van der Waals surface area contributed by atoms with Gasteiger partial charge in [-0.1, -0.05) is 33.3 Å². The maximum Gasteiger partial charge on any atom is 0.00712 e. The number of nitrogens with two attached hydrogens (primary N) is 1. The predicted octanol–water partition coefficient (Wildman–Crippen LogP) is 2.92. The second kappa shape index (κ2) is 5.22. The van der Waals surface area contributed by atoms with Gasteiger partial charge in [-0.3, -0.25) is 0 Å². The summed E-state index contributed by atoms with van der Waals surface area (Å²) in [4.78, 5) is 0. The van der Waals surface area contributed by atoms with E-state index in [9.17, 15) is 0 Å². The first-order valence-electron chi connectivity index (χ1n) is 4.58. The highest BCUT2D eigenvalue weighted by Crippen LogP contribution is 2.23. The normalized spacial score (nSPS) is 18.0. The summed E-state index contributed by atoms with van der Waals surface area (Å²) in [6, 6.07) is 0. The molecule has 0 spiro atoms.